The van der Waals surface area contributed by atoms with Gasteiger partial charge in [-0.05, 0) is 55.3 Å². The van der Waals surface area contributed by atoms with Crippen LogP contribution in [-0.4, -0.2) is 29.6 Å². The molecular weight excluding hydrogens is 416 g/mol. The number of hydrogen-bond donors (Lipinski definition) is 1. The summed E-state index contributed by atoms with van der Waals surface area (Å²) in [6.45, 7) is 2.22. The predicted octanol–water partition coefficient (Wildman–Crippen LogP) is 4.19. The second-order valence-electron chi connectivity index (χ2n) is 7.87. The van der Waals surface area contributed by atoms with Crippen molar-refractivity contribution in [3.8, 4) is 5.75 Å². The van der Waals surface area contributed by atoms with Crippen LogP contribution in [0.3, 0.4) is 0 Å². The number of ether oxygens (including phenoxy) is 2. The van der Waals surface area contributed by atoms with Crippen LogP contribution in [0.2, 0.25) is 0 Å². The molecule has 6 nitrogen and oxygen atoms in total. The maximum atomic E-state index is 13.5. The highest BCUT2D eigenvalue weighted by atomic mass is 19.1. The lowest BCUT2D eigenvalue weighted by atomic mass is 9.93. The number of aromatic nitrogens is 2. The van der Waals surface area contributed by atoms with E-state index in [4.69, 9.17) is 9.47 Å². The van der Waals surface area contributed by atoms with Crippen LogP contribution < -0.4 is 10.1 Å². The first-order chi connectivity index (χ1) is 15.4. The number of rotatable bonds is 8. The molecule has 3 aromatic rings. The van der Waals surface area contributed by atoms with Gasteiger partial charge in [0.15, 0.2) is 5.75 Å². The van der Waals surface area contributed by atoms with E-state index in [0.29, 0.717) is 29.4 Å². The van der Waals surface area contributed by atoms with Crippen LogP contribution in [0, 0.1) is 24.5 Å². The maximum absolute atomic E-state index is 13.5. The zero-order chi connectivity index (χ0) is 22.7. The predicted molar refractivity (Wildman–Crippen MR) is 114 cm³/mol. The number of amides is 1. The Balaban J connectivity index is 1.56. The van der Waals surface area contributed by atoms with Crippen LogP contribution in [0.1, 0.15) is 23.5 Å². The van der Waals surface area contributed by atoms with Crippen molar-refractivity contribution in [3.05, 3.63) is 83.4 Å². The number of nitrogens with one attached hydrogen (secondary N) is 1. The lowest BCUT2D eigenvalue weighted by molar-refractivity contribution is -0.117. The Labute approximate surface area is 184 Å². The highest BCUT2D eigenvalue weighted by molar-refractivity contribution is 5.96. The van der Waals surface area contributed by atoms with Gasteiger partial charge < -0.3 is 14.8 Å². The first-order valence-electron chi connectivity index (χ1n) is 10.2. The van der Waals surface area contributed by atoms with E-state index in [9.17, 15) is 13.6 Å². The number of carbonyl (C=O) groups excluding carboxylic acids is 1. The van der Waals surface area contributed by atoms with E-state index in [1.54, 1.807) is 32.4 Å². The van der Waals surface area contributed by atoms with Gasteiger partial charge in [-0.15, -0.1) is 0 Å². The molecule has 0 saturated heterocycles. The third kappa shape index (κ3) is 4.60. The Morgan fingerprint density at radius 2 is 1.78 bits per heavy atom. The molecular formula is C24H23F2N3O3. The molecule has 1 aliphatic carbocycles. The van der Waals surface area contributed by atoms with Crippen LogP contribution in [0.4, 0.5) is 14.5 Å². The lowest BCUT2D eigenvalue weighted by Gasteiger charge is -2.20. The molecule has 1 N–H and O–H groups in total. The van der Waals surface area contributed by atoms with Crippen molar-refractivity contribution in [2.75, 3.05) is 19.0 Å². The van der Waals surface area contributed by atoms with Crippen molar-refractivity contribution in [1.29, 1.82) is 0 Å². The van der Waals surface area contributed by atoms with E-state index in [-0.39, 0.29) is 30.8 Å². The zero-order valence-corrected chi connectivity index (χ0v) is 17.8. The molecule has 0 spiro atoms. The Bertz CT molecular complexity index is 1110. The number of halogens is 2. The average Bonchev–Trinajstić information content (AvgIpc) is 3.51. The van der Waals surface area contributed by atoms with Gasteiger partial charge in [-0.1, -0.05) is 12.1 Å². The minimum Gasteiger partial charge on any atom is -0.489 e. The quantitative estimate of drug-likeness (QED) is 0.570. The van der Waals surface area contributed by atoms with Crippen molar-refractivity contribution in [3.63, 3.8) is 0 Å². The Hall–Kier alpha value is -3.39. The number of hydrogen-bond acceptors (Lipinski definition) is 5. The number of benzene rings is 2. The third-order valence-electron chi connectivity index (χ3n) is 5.64. The molecule has 4 rings (SSSR count). The number of methoxy groups -OCH3 is 1. The summed E-state index contributed by atoms with van der Waals surface area (Å²) in [7, 11) is 1.57. The zero-order valence-electron chi connectivity index (χ0n) is 17.8. The maximum Gasteiger partial charge on any atom is 0.228 e. The van der Waals surface area contributed by atoms with Gasteiger partial charge in [0.1, 0.15) is 23.2 Å². The molecule has 1 aliphatic rings. The number of anilines is 1. The van der Waals surface area contributed by atoms with E-state index >= 15 is 0 Å². The summed E-state index contributed by atoms with van der Waals surface area (Å²) in [4.78, 5) is 21.5. The first kappa shape index (κ1) is 21.8. The molecule has 1 fully saturated rings. The summed E-state index contributed by atoms with van der Waals surface area (Å²) < 4.78 is 38.0. The fourth-order valence-corrected chi connectivity index (χ4v) is 3.83. The first-order valence-corrected chi connectivity index (χ1v) is 10.2. The van der Waals surface area contributed by atoms with Crippen LogP contribution in [0.5, 0.6) is 5.75 Å². The third-order valence-corrected chi connectivity index (χ3v) is 5.64. The second-order valence-corrected chi connectivity index (χ2v) is 7.87. The summed E-state index contributed by atoms with van der Waals surface area (Å²) in [5.74, 6) is -0.260. The van der Waals surface area contributed by atoms with Crippen molar-refractivity contribution in [1.82, 2.24) is 9.97 Å². The summed E-state index contributed by atoms with van der Waals surface area (Å²) >= 11 is 0. The smallest absolute Gasteiger partial charge is 0.228 e. The molecule has 2 atom stereocenters. The molecule has 1 amide bonds. The van der Waals surface area contributed by atoms with Crippen molar-refractivity contribution in [2.24, 2.45) is 5.92 Å². The minimum absolute atomic E-state index is 0.184. The summed E-state index contributed by atoms with van der Waals surface area (Å²) in [5, 5.41) is 2.82. The molecule has 2 aromatic carbocycles. The fourth-order valence-electron chi connectivity index (χ4n) is 3.83. The normalized spacial score (nSPS) is 19.4. The van der Waals surface area contributed by atoms with Crippen LogP contribution in [0.25, 0.3) is 0 Å². The summed E-state index contributed by atoms with van der Waals surface area (Å²) in [6.07, 6.45) is 2.11. The van der Waals surface area contributed by atoms with Gasteiger partial charge in [0, 0.05) is 18.2 Å². The molecule has 166 valence electrons. The topological polar surface area (TPSA) is 73.3 Å². The van der Waals surface area contributed by atoms with Gasteiger partial charge in [-0.2, -0.15) is 0 Å². The number of nitrogens with zero attached hydrogens (tertiary/aromatic N) is 2. The molecule has 0 aliphatic heterocycles. The Kier molecular flexibility index (Phi) is 6.14. The van der Waals surface area contributed by atoms with Gasteiger partial charge in [0.2, 0.25) is 5.91 Å². The molecule has 0 bridgehead atoms. The molecule has 1 saturated carbocycles. The average molecular weight is 439 g/mol. The van der Waals surface area contributed by atoms with Crippen molar-refractivity contribution < 1.29 is 23.0 Å². The Morgan fingerprint density at radius 3 is 2.44 bits per heavy atom. The summed E-state index contributed by atoms with van der Waals surface area (Å²) in [5.41, 5.74) is 1.29. The standard InChI is InChI=1S/C24H23F2N3O3/c1-15-27-12-22(21(28-15)13-31-2)32-14-24(16-3-5-17(25)6-4-16)11-20(24)23(30)29-19-9-7-18(26)8-10-19/h3-10,12,20H,11,13-14H2,1-2H3,(H,29,30)/t20-,24+/m0/s1. The largest absolute Gasteiger partial charge is 0.489 e. The number of carbonyl (C=O) groups is 1. The van der Waals surface area contributed by atoms with Crippen LogP contribution >= 0.6 is 0 Å². The fraction of sp³-hybridized carbons (Fsp3) is 0.292. The van der Waals surface area contributed by atoms with Crippen LogP contribution in [0.15, 0.2) is 54.7 Å². The van der Waals surface area contributed by atoms with Gasteiger partial charge in [-0.25, -0.2) is 18.7 Å². The van der Waals surface area contributed by atoms with E-state index in [1.807, 2.05) is 0 Å². The number of aryl methyl sites for hydroxylation is 1. The van der Waals surface area contributed by atoms with Gasteiger partial charge in [0.05, 0.1) is 25.3 Å². The van der Waals surface area contributed by atoms with Crippen LogP contribution in [-0.2, 0) is 21.6 Å². The van der Waals surface area contributed by atoms with E-state index in [0.717, 1.165) is 5.56 Å². The van der Waals surface area contributed by atoms with Crippen molar-refractivity contribution >= 4 is 11.6 Å². The molecule has 32 heavy (non-hydrogen) atoms. The Morgan fingerprint density at radius 1 is 1.12 bits per heavy atom. The van der Waals surface area contributed by atoms with E-state index in [1.165, 1.54) is 36.4 Å². The minimum atomic E-state index is -0.632. The van der Waals surface area contributed by atoms with Gasteiger partial charge in [0.25, 0.3) is 0 Å². The molecule has 0 radical (unpaired) electrons. The molecule has 8 heteroatoms. The lowest BCUT2D eigenvalue weighted by Crippen LogP contribution is -2.27. The molecule has 1 aromatic heterocycles. The van der Waals surface area contributed by atoms with Gasteiger partial charge in [-0.3, -0.25) is 4.79 Å². The molecule has 1 heterocycles. The monoisotopic (exact) mass is 439 g/mol. The van der Waals surface area contributed by atoms with E-state index in [2.05, 4.69) is 15.3 Å². The van der Waals surface area contributed by atoms with Crippen molar-refractivity contribution in [2.45, 2.75) is 25.4 Å². The summed E-state index contributed by atoms with van der Waals surface area (Å²) in [6, 6.07) is 11.7. The highest BCUT2D eigenvalue weighted by Crippen LogP contribution is 2.55. The molecule has 0 unspecified atom stereocenters. The second kappa shape index (κ2) is 9.00. The van der Waals surface area contributed by atoms with E-state index < -0.39 is 11.3 Å². The van der Waals surface area contributed by atoms with Gasteiger partial charge >= 0.3 is 0 Å². The highest BCUT2D eigenvalue weighted by Gasteiger charge is 2.60. The SMILES string of the molecule is COCc1nc(C)ncc1OC[C@@]1(c2ccc(F)cc2)C[C@H]1C(=O)Nc1ccc(F)cc1.